The van der Waals surface area contributed by atoms with E-state index in [4.69, 9.17) is 4.74 Å². The Morgan fingerprint density at radius 2 is 2.17 bits per heavy atom. The van der Waals surface area contributed by atoms with E-state index in [0.717, 1.165) is 11.3 Å². The summed E-state index contributed by atoms with van der Waals surface area (Å²) < 4.78 is 5.03. The van der Waals surface area contributed by atoms with E-state index in [1.807, 2.05) is 0 Å². The molecule has 1 aromatic rings. The van der Waals surface area contributed by atoms with Crippen molar-refractivity contribution in [2.24, 2.45) is 0 Å². The van der Waals surface area contributed by atoms with Gasteiger partial charge in [0.25, 0.3) is 0 Å². The third-order valence-corrected chi connectivity index (χ3v) is 2.57. The van der Waals surface area contributed by atoms with Crippen molar-refractivity contribution in [2.45, 2.75) is 18.9 Å². The summed E-state index contributed by atoms with van der Waals surface area (Å²) >= 11 is 0. The van der Waals surface area contributed by atoms with E-state index in [2.05, 4.69) is 11.9 Å². The highest BCUT2D eigenvalue weighted by molar-refractivity contribution is 5.76. The number of methoxy groups -OCH3 is 1. The van der Waals surface area contributed by atoms with Crippen LogP contribution in [-0.2, 0) is 4.79 Å². The molecule has 0 aliphatic carbocycles. The summed E-state index contributed by atoms with van der Waals surface area (Å²) in [6, 6.07) is 7.11. The molecule has 4 nitrogen and oxygen atoms in total. The van der Waals surface area contributed by atoms with Crippen molar-refractivity contribution in [2.75, 3.05) is 13.7 Å². The van der Waals surface area contributed by atoms with E-state index in [9.17, 15) is 9.90 Å². The highest BCUT2D eigenvalue weighted by Crippen LogP contribution is 2.16. The van der Waals surface area contributed by atoms with Crippen LogP contribution in [0.3, 0.4) is 0 Å². The minimum Gasteiger partial charge on any atom is -0.497 e. The third kappa shape index (κ3) is 4.59. The fourth-order valence-electron chi connectivity index (χ4n) is 1.48. The van der Waals surface area contributed by atoms with Gasteiger partial charge in [-0.2, -0.15) is 0 Å². The van der Waals surface area contributed by atoms with Crippen LogP contribution in [0, 0.1) is 0 Å². The van der Waals surface area contributed by atoms with E-state index in [0.29, 0.717) is 12.8 Å². The number of carbonyl (C=O) groups excluding carboxylic acids is 1. The minimum atomic E-state index is -0.705. The Bertz CT molecular complexity index is 387. The fourth-order valence-corrected chi connectivity index (χ4v) is 1.48. The lowest BCUT2D eigenvalue weighted by Gasteiger charge is -2.12. The first kappa shape index (κ1) is 14.3. The summed E-state index contributed by atoms with van der Waals surface area (Å²) in [5.74, 6) is 0.656. The van der Waals surface area contributed by atoms with Crippen molar-refractivity contribution < 1.29 is 14.6 Å². The SMILES string of the molecule is C=CCCC(=O)NCC(O)c1ccc(OC)cc1. The van der Waals surface area contributed by atoms with Gasteiger partial charge in [-0.25, -0.2) is 0 Å². The van der Waals surface area contributed by atoms with E-state index in [1.165, 1.54) is 0 Å². The van der Waals surface area contributed by atoms with Gasteiger partial charge in [0.15, 0.2) is 0 Å². The lowest BCUT2D eigenvalue weighted by molar-refractivity contribution is -0.121. The summed E-state index contributed by atoms with van der Waals surface area (Å²) in [4.78, 5) is 11.3. The molecule has 0 radical (unpaired) electrons. The predicted octanol–water partition coefficient (Wildman–Crippen LogP) is 1.81. The molecule has 0 fully saturated rings. The van der Waals surface area contributed by atoms with Crippen molar-refractivity contribution in [3.05, 3.63) is 42.5 Å². The molecule has 1 rings (SSSR count). The molecular formula is C14H19NO3. The number of carbonyl (C=O) groups is 1. The van der Waals surface area contributed by atoms with Gasteiger partial charge in [-0.05, 0) is 24.1 Å². The van der Waals surface area contributed by atoms with Gasteiger partial charge in [0.05, 0.1) is 13.2 Å². The molecule has 0 aliphatic heterocycles. The number of aliphatic hydroxyl groups excluding tert-OH is 1. The van der Waals surface area contributed by atoms with Crippen molar-refractivity contribution in [3.8, 4) is 5.75 Å². The number of hydrogen-bond donors (Lipinski definition) is 2. The molecule has 0 aromatic heterocycles. The lowest BCUT2D eigenvalue weighted by atomic mass is 10.1. The molecule has 2 N–H and O–H groups in total. The first-order valence-electron chi connectivity index (χ1n) is 5.87. The number of hydrogen-bond acceptors (Lipinski definition) is 3. The minimum absolute atomic E-state index is 0.0811. The van der Waals surface area contributed by atoms with E-state index < -0.39 is 6.10 Å². The van der Waals surface area contributed by atoms with E-state index >= 15 is 0 Å². The first-order chi connectivity index (χ1) is 8.67. The molecule has 0 aliphatic rings. The summed E-state index contributed by atoms with van der Waals surface area (Å²) in [7, 11) is 1.59. The van der Waals surface area contributed by atoms with Gasteiger partial charge in [0, 0.05) is 13.0 Å². The second-order valence-electron chi connectivity index (χ2n) is 3.92. The molecule has 18 heavy (non-hydrogen) atoms. The number of aliphatic hydroxyl groups is 1. The summed E-state index contributed by atoms with van der Waals surface area (Å²) in [6.07, 6.45) is 2.03. The van der Waals surface area contributed by atoms with Crippen molar-refractivity contribution >= 4 is 5.91 Å². The van der Waals surface area contributed by atoms with Crippen LogP contribution in [0.1, 0.15) is 24.5 Å². The zero-order valence-electron chi connectivity index (χ0n) is 10.6. The van der Waals surface area contributed by atoms with Gasteiger partial charge in [-0.1, -0.05) is 18.2 Å². The van der Waals surface area contributed by atoms with Gasteiger partial charge in [0.2, 0.25) is 5.91 Å². The van der Waals surface area contributed by atoms with Crippen LogP contribution in [0.2, 0.25) is 0 Å². The molecule has 0 heterocycles. The van der Waals surface area contributed by atoms with Gasteiger partial charge in [0.1, 0.15) is 5.75 Å². The van der Waals surface area contributed by atoms with Crippen molar-refractivity contribution in [1.82, 2.24) is 5.32 Å². The average Bonchev–Trinajstić information content (AvgIpc) is 2.42. The molecule has 0 saturated carbocycles. The molecule has 98 valence electrons. The molecule has 0 bridgehead atoms. The number of rotatable bonds is 7. The summed E-state index contributed by atoms with van der Waals surface area (Å²) in [5.41, 5.74) is 0.750. The monoisotopic (exact) mass is 249 g/mol. The van der Waals surface area contributed by atoms with Crippen LogP contribution in [0.5, 0.6) is 5.75 Å². The van der Waals surface area contributed by atoms with Crippen LogP contribution in [-0.4, -0.2) is 24.7 Å². The maximum absolute atomic E-state index is 11.3. The fraction of sp³-hybridized carbons (Fsp3) is 0.357. The van der Waals surface area contributed by atoms with Gasteiger partial charge in [-0.3, -0.25) is 4.79 Å². The van der Waals surface area contributed by atoms with E-state index in [1.54, 1.807) is 37.5 Å². The summed E-state index contributed by atoms with van der Waals surface area (Å²) in [6.45, 7) is 3.76. The molecule has 4 heteroatoms. The number of amides is 1. The maximum atomic E-state index is 11.3. The quantitative estimate of drug-likeness (QED) is 0.725. The maximum Gasteiger partial charge on any atom is 0.220 e. The normalized spacial score (nSPS) is 11.7. The number of nitrogens with one attached hydrogen (secondary N) is 1. The molecule has 1 unspecified atom stereocenters. The second kappa shape index (κ2) is 7.50. The third-order valence-electron chi connectivity index (χ3n) is 2.57. The number of benzene rings is 1. The summed E-state index contributed by atoms with van der Waals surface area (Å²) in [5, 5.41) is 12.6. The Hall–Kier alpha value is -1.81. The molecule has 0 saturated heterocycles. The zero-order chi connectivity index (χ0) is 13.4. The number of ether oxygens (including phenoxy) is 1. The van der Waals surface area contributed by atoms with Crippen LogP contribution in [0.4, 0.5) is 0 Å². The first-order valence-corrected chi connectivity index (χ1v) is 5.87. The van der Waals surface area contributed by atoms with Gasteiger partial charge < -0.3 is 15.2 Å². The molecule has 1 aromatic carbocycles. The van der Waals surface area contributed by atoms with Crippen molar-refractivity contribution in [3.63, 3.8) is 0 Å². The highest BCUT2D eigenvalue weighted by Gasteiger charge is 2.09. The highest BCUT2D eigenvalue weighted by atomic mass is 16.5. The largest absolute Gasteiger partial charge is 0.497 e. The van der Waals surface area contributed by atoms with Gasteiger partial charge in [-0.15, -0.1) is 6.58 Å². The zero-order valence-corrected chi connectivity index (χ0v) is 10.6. The Morgan fingerprint density at radius 3 is 2.72 bits per heavy atom. The Morgan fingerprint density at radius 1 is 1.50 bits per heavy atom. The lowest BCUT2D eigenvalue weighted by Crippen LogP contribution is -2.27. The van der Waals surface area contributed by atoms with Gasteiger partial charge >= 0.3 is 0 Å². The molecule has 1 amide bonds. The van der Waals surface area contributed by atoms with Crippen molar-refractivity contribution in [1.29, 1.82) is 0 Å². The topological polar surface area (TPSA) is 58.6 Å². The van der Waals surface area contributed by atoms with Crippen LogP contribution in [0.15, 0.2) is 36.9 Å². The molecule has 0 spiro atoms. The smallest absolute Gasteiger partial charge is 0.220 e. The Labute approximate surface area is 107 Å². The Kier molecular flexibility index (Phi) is 5.94. The number of allylic oxidation sites excluding steroid dienone is 1. The molecular weight excluding hydrogens is 230 g/mol. The van der Waals surface area contributed by atoms with Crippen LogP contribution in [0.25, 0.3) is 0 Å². The van der Waals surface area contributed by atoms with Crippen LogP contribution >= 0.6 is 0 Å². The second-order valence-corrected chi connectivity index (χ2v) is 3.92. The van der Waals surface area contributed by atoms with E-state index in [-0.39, 0.29) is 12.5 Å². The Balaban J connectivity index is 2.41. The standard InChI is InChI=1S/C14H19NO3/c1-3-4-5-14(17)15-10-13(16)11-6-8-12(18-2)9-7-11/h3,6-9,13,16H,1,4-5,10H2,2H3,(H,15,17). The molecule has 1 atom stereocenters. The average molecular weight is 249 g/mol. The van der Waals surface area contributed by atoms with Crippen LogP contribution < -0.4 is 10.1 Å². The predicted molar refractivity (Wildman–Crippen MR) is 70.4 cm³/mol.